The summed E-state index contributed by atoms with van der Waals surface area (Å²) >= 11 is 6.12. The highest BCUT2D eigenvalue weighted by Gasteiger charge is 2.52. The summed E-state index contributed by atoms with van der Waals surface area (Å²) in [6.07, 6.45) is 8.98. The van der Waals surface area contributed by atoms with E-state index in [2.05, 4.69) is 17.5 Å². The molecule has 3 nitrogen and oxygen atoms in total. The molecule has 128 valence electrons. The SMILES string of the molecule is CC/C(=N/NC(=O)c1ccccc1Cl)C12CC3CC(CC(C3)C1)C2. The molecule has 0 radical (unpaired) electrons. The third-order valence-corrected chi connectivity index (χ3v) is 6.73. The van der Waals surface area contributed by atoms with E-state index >= 15 is 0 Å². The maximum atomic E-state index is 12.4. The second-order valence-corrected chi connectivity index (χ2v) is 8.44. The molecule has 5 rings (SSSR count). The van der Waals surface area contributed by atoms with Gasteiger partial charge in [0.1, 0.15) is 0 Å². The highest BCUT2D eigenvalue weighted by molar-refractivity contribution is 6.33. The van der Waals surface area contributed by atoms with Crippen LogP contribution in [0, 0.1) is 23.2 Å². The average Bonchev–Trinajstić information content (AvgIpc) is 2.54. The van der Waals surface area contributed by atoms with Gasteiger partial charge >= 0.3 is 0 Å². The lowest BCUT2D eigenvalue weighted by atomic mass is 9.48. The van der Waals surface area contributed by atoms with E-state index in [0.29, 0.717) is 10.6 Å². The van der Waals surface area contributed by atoms with Crippen LogP contribution < -0.4 is 5.43 Å². The van der Waals surface area contributed by atoms with Crippen molar-refractivity contribution >= 4 is 23.2 Å². The van der Waals surface area contributed by atoms with Crippen molar-refractivity contribution in [2.45, 2.75) is 51.9 Å². The maximum absolute atomic E-state index is 12.4. The second-order valence-electron chi connectivity index (χ2n) is 8.03. The molecule has 4 aliphatic rings. The molecule has 0 heterocycles. The van der Waals surface area contributed by atoms with E-state index in [1.165, 1.54) is 44.2 Å². The number of rotatable bonds is 4. The fourth-order valence-electron chi connectivity index (χ4n) is 5.86. The Morgan fingerprint density at radius 3 is 2.29 bits per heavy atom. The normalized spacial score (nSPS) is 34.4. The summed E-state index contributed by atoms with van der Waals surface area (Å²) in [5.74, 6) is 2.43. The topological polar surface area (TPSA) is 41.5 Å². The molecular formula is C20H25ClN2O. The summed E-state index contributed by atoms with van der Waals surface area (Å²) in [7, 11) is 0. The van der Waals surface area contributed by atoms with Gasteiger partial charge in [0.05, 0.1) is 10.6 Å². The van der Waals surface area contributed by atoms with Crippen molar-refractivity contribution in [3.05, 3.63) is 34.9 Å². The standard InChI is InChI=1S/C20H25ClN2O/c1-2-18(22-23-19(24)16-5-3-4-6-17(16)21)20-10-13-7-14(11-20)9-15(8-13)12-20/h3-6,13-15H,2,7-12H2,1H3,(H,23,24)/b22-18-. The molecule has 4 heteroatoms. The molecular weight excluding hydrogens is 320 g/mol. The Labute approximate surface area is 148 Å². The van der Waals surface area contributed by atoms with Crippen LogP contribution in [-0.2, 0) is 0 Å². The van der Waals surface area contributed by atoms with Gasteiger partial charge < -0.3 is 0 Å². The van der Waals surface area contributed by atoms with Crippen molar-refractivity contribution in [3.63, 3.8) is 0 Å². The smallest absolute Gasteiger partial charge is 0.267 e. The van der Waals surface area contributed by atoms with Crippen LogP contribution >= 0.6 is 11.6 Å². The molecule has 0 atom stereocenters. The van der Waals surface area contributed by atoms with Crippen LogP contribution in [0.3, 0.4) is 0 Å². The van der Waals surface area contributed by atoms with Gasteiger partial charge in [0.15, 0.2) is 0 Å². The first-order chi connectivity index (χ1) is 11.6. The first-order valence-electron chi connectivity index (χ1n) is 9.21. The number of carbonyl (C=O) groups is 1. The molecule has 4 saturated carbocycles. The molecule has 0 aromatic heterocycles. The van der Waals surface area contributed by atoms with Crippen LogP contribution in [0.1, 0.15) is 62.2 Å². The van der Waals surface area contributed by atoms with Gasteiger partial charge in [0.2, 0.25) is 0 Å². The van der Waals surface area contributed by atoms with Gasteiger partial charge in [0.25, 0.3) is 5.91 Å². The summed E-state index contributed by atoms with van der Waals surface area (Å²) < 4.78 is 0. The predicted molar refractivity (Wildman–Crippen MR) is 97.2 cm³/mol. The lowest BCUT2D eigenvalue weighted by Gasteiger charge is -2.57. The number of carbonyl (C=O) groups excluding carboxylic acids is 1. The number of halogens is 1. The van der Waals surface area contributed by atoms with E-state index in [-0.39, 0.29) is 11.3 Å². The number of hydrazone groups is 1. The van der Waals surface area contributed by atoms with Gasteiger partial charge in [-0.05, 0) is 74.8 Å². The number of nitrogens with zero attached hydrogens (tertiary/aromatic N) is 1. The van der Waals surface area contributed by atoms with E-state index < -0.39 is 0 Å². The van der Waals surface area contributed by atoms with Crippen LogP contribution in [0.4, 0.5) is 0 Å². The van der Waals surface area contributed by atoms with Crippen LogP contribution in [0.5, 0.6) is 0 Å². The fourth-order valence-corrected chi connectivity index (χ4v) is 6.08. The van der Waals surface area contributed by atoms with Crippen molar-refractivity contribution < 1.29 is 4.79 Å². The van der Waals surface area contributed by atoms with Gasteiger partial charge in [-0.3, -0.25) is 4.79 Å². The minimum absolute atomic E-state index is 0.212. The molecule has 4 aliphatic carbocycles. The Hall–Kier alpha value is -1.35. The first-order valence-corrected chi connectivity index (χ1v) is 9.59. The minimum atomic E-state index is -0.212. The van der Waals surface area contributed by atoms with Crippen molar-refractivity contribution in [2.75, 3.05) is 0 Å². The first kappa shape index (κ1) is 16.1. The molecule has 1 aromatic rings. The minimum Gasteiger partial charge on any atom is -0.267 e. The lowest BCUT2D eigenvalue weighted by molar-refractivity contribution is -0.0134. The van der Waals surface area contributed by atoms with E-state index in [1.54, 1.807) is 12.1 Å². The summed E-state index contributed by atoms with van der Waals surface area (Å²) in [6, 6.07) is 7.13. The van der Waals surface area contributed by atoms with Crippen LogP contribution in [0.2, 0.25) is 5.02 Å². The van der Waals surface area contributed by atoms with E-state index in [9.17, 15) is 4.79 Å². The van der Waals surface area contributed by atoms with E-state index in [1.807, 2.05) is 12.1 Å². The Kier molecular flexibility index (Phi) is 4.16. The van der Waals surface area contributed by atoms with Crippen molar-refractivity contribution in [3.8, 4) is 0 Å². The Bertz CT molecular complexity index is 647. The summed E-state index contributed by atoms with van der Waals surface area (Å²) in [5, 5.41) is 5.08. The lowest BCUT2D eigenvalue weighted by Crippen LogP contribution is -2.50. The highest BCUT2D eigenvalue weighted by Crippen LogP contribution is 2.60. The number of nitrogens with one attached hydrogen (secondary N) is 1. The molecule has 1 N–H and O–H groups in total. The molecule has 0 spiro atoms. The van der Waals surface area contributed by atoms with Crippen LogP contribution in [-0.4, -0.2) is 11.6 Å². The van der Waals surface area contributed by atoms with Crippen molar-refractivity contribution in [2.24, 2.45) is 28.3 Å². The molecule has 0 unspecified atom stereocenters. The second kappa shape index (κ2) is 6.18. The highest BCUT2D eigenvalue weighted by atomic mass is 35.5. The third-order valence-electron chi connectivity index (χ3n) is 6.40. The molecule has 4 bridgehead atoms. The van der Waals surface area contributed by atoms with Crippen molar-refractivity contribution in [1.29, 1.82) is 0 Å². The van der Waals surface area contributed by atoms with E-state index in [4.69, 9.17) is 11.6 Å². The molecule has 4 fully saturated rings. The van der Waals surface area contributed by atoms with Crippen molar-refractivity contribution in [1.82, 2.24) is 5.43 Å². The number of amides is 1. The van der Waals surface area contributed by atoms with E-state index in [0.717, 1.165) is 24.2 Å². The zero-order valence-corrected chi connectivity index (χ0v) is 15.0. The monoisotopic (exact) mass is 344 g/mol. The zero-order chi connectivity index (χ0) is 16.7. The fraction of sp³-hybridized carbons (Fsp3) is 0.600. The summed E-state index contributed by atoms with van der Waals surface area (Å²) in [4.78, 5) is 12.4. The Balaban J connectivity index is 1.54. The molecule has 1 amide bonds. The maximum Gasteiger partial charge on any atom is 0.272 e. The largest absolute Gasteiger partial charge is 0.272 e. The Morgan fingerprint density at radius 2 is 1.75 bits per heavy atom. The predicted octanol–water partition coefficient (Wildman–Crippen LogP) is 5.05. The Morgan fingerprint density at radius 1 is 1.17 bits per heavy atom. The third kappa shape index (κ3) is 2.77. The summed E-state index contributed by atoms with van der Waals surface area (Å²) in [5.41, 5.74) is 4.71. The molecule has 0 saturated heterocycles. The number of hydrogen-bond acceptors (Lipinski definition) is 2. The average molecular weight is 345 g/mol. The van der Waals surface area contributed by atoms with Crippen LogP contribution in [0.25, 0.3) is 0 Å². The van der Waals surface area contributed by atoms with Crippen LogP contribution in [0.15, 0.2) is 29.4 Å². The van der Waals surface area contributed by atoms with Gasteiger partial charge in [-0.25, -0.2) is 5.43 Å². The van der Waals surface area contributed by atoms with Gasteiger partial charge in [-0.2, -0.15) is 5.10 Å². The van der Waals surface area contributed by atoms with Gasteiger partial charge in [0, 0.05) is 11.1 Å². The van der Waals surface area contributed by atoms with Gasteiger partial charge in [-0.1, -0.05) is 30.7 Å². The van der Waals surface area contributed by atoms with Gasteiger partial charge in [-0.15, -0.1) is 0 Å². The quantitative estimate of drug-likeness (QED) is 0.602. The molecule has 0 aliphatic heterocycles. The number of benzene rings is 1. The molecule has 1 aromatic carbocycles. The summed E-state index contributed by atoms with van der Waals surface area (Å²) in [6.45, 7) is 2.17. The number of hydrogen-bond donors (Lipinski definition) is 1. The molecule has 24 heavy (non-hydrogen) atoms. The zero-order valence-electron chi connectivity index (χ0n) is 14.2.